The maximum atomic E-state index is 13.2. The minimum absolute atomic E-state index is 0.0847. The van der Waals surface area contributed by atoms with Crippen molar-refractivity contribution in [2.24, 2.45) is 13.0 Å². The molecule has 0 radical (unpaired) electrons. The Bertz CT molecular complexity index is 1080. The molecular weight excluding hydrogens is 374 g/mol. The Kier molecular flexibility index (Phi) is 4.45. The maximum Gasteiger partial charge on any atom is 0.272 e. The molecule has 1 N–H and O–H groups in total. The van der Waals surface area contributed by atoms with Crippen LogP contribution in [0.3, 0.4) is 0 Å². The number of hydrogen-bond donors (Lipinski definition) is 1. The van der Waals surface area contributed by atoms with Crippen LogP contribution in [0.25, 0.3) is 5.69 Å². The van der Waals surface area contributed by atoms with E-state index in [-0.39, 0.29) is 11.4 Å². The van der Waals surface area contributed by atoms with Crippen LogP contribution in [0.1, 0.15) is 48.6 Å². The minimum Gasteiger partial charge on any atom is -0.372 e. The van der Waals surface area contributed by atoms with Crippen molar-refractivity contribution < 1.29 is 4.79 Å². The van der Waals surface area contributed by atoms with E-state index in [1.807, 2.05) is 18.0 Å². The molecule has 0 aliphatic carbocycles. The highest BCUT2D eigenvalue weighted by molar-refractivity contribution is 5.92. The number of fused-ring (bicyclic) bond motifs is 4. The van der Waals surface area contributed by atoms with Gasteiger partial charge >= 0.3 is 0 Å². The topological polar surface area (TPSA) is 55.1 Å². The molecule has 4 heterocycles. The van der Waals surface area contributed by atoms with Crippen molar-refractivity contribution in [3.05, 3.63) is 65.7 Å². The molecule has 1 spiro atoms. The zero-order valence-electron chi connectivity index (χ0n) is 17.9. The standard InChI is InChI=1S/C24H29N5O/c1-17(2)15-18-16-21(27(3)26-18)23(30)28-13-10-24(11-14-28)22-9-6-12-29(22)20-8-5-4-7-19(20)25-24/h4-9,12,16-17,25H,10-11,13-15H2,1-3H3. The van der Waals surface area contributed by atoms with Crippen molar-refractivity contribution in [2.75, 3.05) is 18.4 Å². The molecule has 1 aromatic carbocycles. The number of para-hydroxylation sites is 2. The van der Waals surface area contributed by atoms with Crippen LogP contribution in [0.2, 0.25) is 0 Å². The zero-order chi connectivity index (χ0) is 20.9. The molecule has 6 heteroatoms. The first-order valence-corrected chi connectivity index (χ1v) is 10.8. The fraction of sp³-hybridized carbons (Fsp3) is 0.417. The first-order valence-electron chi connectivity index (χ1n) is 10.8. The second-order valence-electron chi connectivity index (χ2n) is 9.02. The molecule has 0 bridgehead atoms. The summed E-state index contributed by atoms with van der Waals surface area (Å²) in [5, 5.41) is 8.37. The van der Waals surface area contributed by atoms with E-state index in [1.54, 1.807) is 4.68 Å². The summed E-state index contributed by atoms with van der Waals surface area (Å²) in [4.78, 5) is 15.2. The molecule has 30 heavy (non-hydrogen) atoms. The van der Waals surface area contributed by atoms with Gasteiger partial charge < -0.3 is 14.8 Å². The average molecular weight is 404 g/mol. The summed E-state index contributed by atoms with van der Waals surface area (Å²) in [7, 11) is 1.87. The van der Waals surface area contributed by atoms with Crippen molar-refractivity contribution in [1.29, 1.82) is 0 Å². The summed E-state index contributed by atoms with van der Waals surface area (Å²) in [5.41, 5.74) is 5.18. The number of hydrogen-bond acceptors (Lipinski definition) is 3. The molecule has 156 valence electrons. The van der Waals surface area contributed by atoms with Gasteiger partial charge in [-0.2, -0.15) is 5.10 Å². The molecule has 1 amide bonds. The summed E-state index contributed by atoms with van der Waals surface area (Å²) in [6.45, 7) is 5.80. The molecule has 2 aliphatic heterocycles. The van der Waals surface area contributed by atoms with Gasteiger partial charge in [0.05, 0.1) is 22.6 Å². The lowest BCUT2D eigenvalue weighted by atomic mass is 9.82. The van der Waals surface area contributed by atoms with E-state index >= 15 is 0 Å². The van der Waals surface area contributed by atoms with Gasteiger partial charge in [-0.1, -0.05) is 26.0 Å². The van der Waals surface area contributed by atoms with Gasteiger partial charge in [-0.25, -0.2) is 0 Å². The van der Waals surface area contributed by atoms with Crippen LogP contribution in [0.5, 0.6) is 0 Å². The highest BCUT2D eigenvalue weighted by atomic mass is 16.2. The maximum absolute atomic E-state index is 13.2. The summed E-state index contributed by atoms with van der Waals surface area (Å²) in [6, 6.07) is 14.7. The third kappa shape index (κ3) is 3.02. The van der Waals surface area contributed by atoms with E-state index in [0.717, 1.165) is 43.7 Å². The van der Waals surface area contributed by atoms with E-state index in [0.29, 0.717) is 11.6 Å². The van der Waals surface area contributed by atoms with Crippen LogP contribution >= 0.6 is 0 Å². The molecule has 1 saturated heterocycles. The van der Waals surface area contributed by atoms with Crippen LogP contribution in [0.4, 0.5) is 5.69 Å². The molecule has 1 fully saturated rings. The van der Waals surface area contributed by atoms with E-state index < -0.39 is 0 Å². The second kappa shape index (κ2) is 7.04. The number of rotatable bonds is 3. The van der Waals surface area contributed by atoms with Crippen LogP contribution in [-0.4, -0.2) is 38.2 Å². The van der Waals surface area contributed by atoms with Crippen LogP contribution in [0.15, 0.2) is 48.7 Å². The number of nitrogens with one attached hydrogen (secondary N) is 1. The number of amides is 1. The largest absolute Gasteiger partial charge is 0.372 e. The van der Waals surface area contributed by atoms with Crippen LogP contribution in [-0.2, 0) is 19.0 Å². The van der Waals surface area contributed by atoms with Gasteiger partial charge in [0.15, 0.2) is 0 Å². The van der Waals surface area contributed by atoms with Gasteiger partial charge in [0.2, 0.25) is 0 Å². The fourth-order valence-electron chi connectivity index (χ4n) is 4.97. The number of anilines is 1. The molecule has 2 aromatic heterocycles. The Labute approximate surface area is 177 Å². The molecule has 0 saturated carbocycles. The number of carbonyl (C=O) groups is 1. The molecule has 3 aromatic rings. The van der Waals surface area contributed by atoms with Gasteiger partial charge in [0.1, 0.15) is 5.69 Å². The lowest BCUT2D eigenvalue weighted by Gasteiger charge is -2.46. The fourth-order valence-corrected chi connectivity index (χ4v) is 4.97. The Morgan fingerprint density at radius 3 is 2.70 bits per heavy atom. The van der Waals surface area contributed by atoms with Gasteiger partial charge in [0, 0.05) is 32.0 Å². The summed E-state index contributed by atoms with van der Waals surface area (Å²) < 4.78 is 4.04. The average Bonchev–Trinajstić information content (AvgIpc) is 3.35. The zero-order valence-corrected chi connectivity index (χ0v) is 17.9. The van der Waals surface area contributed by atoms with Crippen molar-refractivity contribution in [3.63, 3.8) is 0 Å². The number of aromatic nitrogens is 3. The predicted octanol–water partition coefficient (Wildman–Crippen LogP) is 3.97. The molecule has 0 unspecified atom stereocenters. The van der Waals surface area contributed by atoms with Crippen molar-refractivity contribution in [1.82, 2.24) is 19.2 Å². The third-order valence-electron chi connectivity index (χ3n) is 6.45. The number of aryl methyl sites for hydroxylation is 1. The minimum atomic E-state index is -0.135. The van der Waals surface area contributed by atoms with Crippen LogP contribution in [0, 0.1) is 5.92 Å². The van der Waals surface area contributed by atoms with Crippen molar-refractivity contribution >= 4 is 11.6 Å². The number of piperidine rings is 1. The Hall–Kier alpha value is -3.02. The van der Waals surface area contributed by atoms with E-state index in [4.69, 9.17) is 0 Å². The quantitative estimate of drug-likeness (QED) is 0.720. The second-order valence-corrected chi connectivity index (χ2v) is 9.02. The molecule has 0 atom stereocenters. The summed E-state index contributed by atoms with van der Waals surface area (Å²) in [5.74, 6) is 0.607. The van der Waals surface area contributed by atoms with Gasteiger partial charge in [-0.05, 0) is 55.5 Å². The van der Waals surface area contributed by atoms with E-state index in [2.05, 4.69) is 71.4 Å². The van der Waals surface area contributed by atoms with Crippen molar-refractivity contribution in [3.8, 4) is 5.69 Å². The smallest absolute Gasteiger partial charge is 0.272 e. The third-order valence-corrected chi connectivity index (χ3v) is 6.45. The summed E-state index contributed by atoms with van der Waals surface area (Å²) in [6.07, 6.45) is 4.80. The van der Waals surface area contributed by atoms with Crippen LogP contribution < -0.4 is 5.32 Å². The Morgan fingerprint density at radius 1 is 1.17 bits per heavy atom. The van der Waals surface area contributed by atoms with Gasteiger partial charge in [0.25, 0.3) is 5.91 Å². The number of benzene rings is 1. The number of likely N-dealkylation sites (tertiary alicyclic amines) is 1. The molecule has 6 nitrogen and oxygen atoms in total. The van der Waals surface area contributed by atoms with E-state index in [1.165, 1.54) is 11.4 Å². The highest BCUT2D eigenvalue weighted by Crippen LogP contribution is 2.43. The SMILES string of the molecule is CC(C)Cc1cc(C(=O)N2CCC3(CC2)Nc2ccccc2-n2cccc23)n(C)n1. The van der Waals surface area contributed by atoms with Gasteiger partial charge in [-0.3, -0.25) is 9.48 Å². The molecular formula is C24H29N5O. The molecule has 2 aliphatic rings. The highest BCUT2D eigenvalue weighted by Gasteiger charge is 2.42. The number of carbonyl (C=O) groups excluding carboxylic acids is 1. The van der Waals surface area contributed by atoms with Gasteiger partial charge in [-0.15, -0.1) is 0 Å². The Balaban J connectivity index is 1.36. The molecule has 5 rings (SSSR count). The lowest BCUT2D eigenvalue weighted by molar-refractivity contribution is 0.0665. The first-order chi connectivity index (χ1) is 14.5. The number of nitrogens with zero attached hydrogens (tertiary/aromatic N) is 4. The lowest BCUT2D eigenvalue weighted by Crippen LogP contribution is -2.51. The normalized spacial score (nSPS) is 17.0. The van der Waals surface area contributed by atoms with E-state index in [9.17, 15) is 4.79 Å². The van der Waals surface area contributed by atoms with Crippen molar-refractivity contribution in [2.45, 2.75) is 38.6 Å². The Morgan fingerprint density at radius 2 is 1.93 bits per heavy atom. The summed E-state index contributed by atoms with van der Waals surface area (Å²) >= 11 is 0. The first kappa shape index (κ1) is 19.0. The monoisotopic (exact) mass is 403 g/mol. The predicted molar refractivity (Wildman–Crippen MR) is 118 cm³/mol.